The molecule has 1 nitrogen and oxygen atoms in total. The van der Waals surface area contributed by atoms with E-state index in [1.807, 2.05) is 6.20 Å². The second-order valence-corrected chi connectivity index (χ2v) is 7.99. The zero-order valence-corrected chi connectivity index (χ0v) is 16.8. The normalized spacial score (nSPS) is 11.8. The second-order valence-electron chi connectivity index (χ2n) is 7.99. The average Bonchev–Trinajstić information content (AvgIpc) is 2.54. The largest absolute Gasteiger partial charge is 0.303 e. The number of quaternary nitrogens is 1. The van der Waals surface area contributed by atoms with Crippen LogP contribution in [0.3, 0.4) is 0 Å². The zero-order chi connectivity index (χ0) is 17.2. The lowest BCUT2D eigenvalue weighted by Crippen LogP contribution is -2.33. The van der Waals surface area contributed by atoms with Crippen molar-refractivity contribution in [3.05, 3.63) is 12.8 Å². The molecular formula is C22H46N+. The SMILES string of the molecule is C=C[N+](C)(C)CCCCCCCCCCCCCCCCCC. The van der Waals surface area contributed by atoms with Crippen LogP contribution in [0.1, 0.15) is 110 Å². The van der Waals surface area contributed by atoms with Gasteiger partial charge in [0.05, 0.1) is 26.8 Å². The first kappa shape index (κ1) is 22.7. The molecule has 0 fully saturated rings. The summed E-state index contributed by atoms with van der Waals surface area (Å²) < 4.78 is 0.957. The van der Waals surface area contributed by atoms with E-state index in [2.05, 4.69) is 27.6 Å². The highest BCUT2D eigenvalue weighted by atomic mass is 15.3. The Labute approximate surface area is 148 Å². The van der Waals surface area contributed by atoms with Crippen molar-refractivity contribution < 1.29 is 4.48 Å². The third kappa shape index (κ3) is 17.9. The molecule has 0 saturated carbocycles. The molecule has 0 heterocycles. The van der Waals surface area contributed by atoms with E-state index in [1.165, 1.54) is 109 Å². The fourth-order valence-electron chi connectivity index (χ4n) is 3.16. The summed E-state index contributed by atoms with van der Waals surface area (Å²) in [5, 5.41) is 0. The van der Waals surface area contributed by atoms with Crippen LogP contribution in [0.25, 0.3) is 0 Å². The standard InChI is InChI=1S/C22H46N/c1-5-7-8-9-10-11-12-13-14-15-16-17-18-19-20-21-22-23(3,4)6-2/h6H,2,5,7-22H2,1,3-4H3/q+1. The Kier molecular flexibility index (Phi) is 16.3. The Morgan fingerprint density at radius 3 is 1.17 bits per heavy atom. The zero-order valence-electron chi connectivity index (χ0n) is 16.8. The highest BCUT2D eigenvalue weighted by Crippen LogP contribution is 2.14. The maximum absolute atomic E-state index is 3.90. The van der Waals surface area contributed by atoms with Crippen molar-refractivity contribution in [3.8, 4) is 0 Å². The van der Waals surface area contributed by atoms with E-state index in [4.69, 9.17) is 0 Å². The van der Waals surface area contributed by atoms with Gasteiger partial charge in [0, 0.05) is 0 Å². The van der Waals surface area contributed by atoms with Crippen LogP contribution in [0.5, 0.6) is 0 Å². The van der Waals surface area contributed by atoms with Crippen molar-refractivity contribution in [3.63, 3.8) is 0 Å². The number of hydrogen-bond donors (Lipinski definition) is 0. The summed E-state index contributed by atoms with van der Waals surface area (Å²) in [6.45, 7) is 7.43. The lowest BCUT2D eigenvalue weighted by atomic mass is 10.0. The molecular weight excluding hydrogens is 278 g/mol. The van der Waals surface area contributed by atoms with Crippen LogP contribution in [0, 0.1) is 0 Å². The van der Waals surface area contributed by atoms with Crippen LogP contribution in [-0.4, -0.2) is 25.1 Å². The van der Waals surface area contributed by atoms with E-state index in [1.54, 1.807) is 0 Å². The van der Waals surface area contributed by atoms with E-state index in [0.29, 0.717) is 0 Å². The minimum absolute atomic E-state index is 0.957. The van der Waals surface area contributed by atoms with Crippen LogP contribution < -0.4 is 0 Å². The monoisotopic (exact) mass is 324 g/mol. The molecule has 0 amide bonds. The fraction of sp³-hybridized carbons (Fsp3) is 0.909. The van der Waals surface area contributed by atoms with Gasteiger partial charge in [-0.2, -0.15) is 0 Å². The van der Waals surface area contributed by atoms with Crippen LogP contribution in [0.15, 0.2) is 12.8 Å². The molecule has 0 rings (SSSR count). The molecule has 0 aliphatic carbocycles. The Hall–Kier alpha value is -0.300. The molecule has 0 radical (unpaired) electrons. The van der Waals surface area contributed by atoms with Gasteiger partial charge in [0.15, 0.2) is 0 Å². The molecule has 0 aromatic rings. The predicted molar refractivity (Wildman–Crippen MR) is 107 cm³/mol. The van der Waals surface area contributed by atoms with Gasteiger partial charge < -0.3 is 4.48 Å². The van der Waals surface area contributed by atoms with Gasteiger partial charge >= 0.3 is 0 Å². The summed E-state index contributed by atoms with van der Waals surface area (Å²) in [6, 6.07) is 0. The van der Waals surface area contributed by atoms with E-state index in [0.717, 1.165) is 4.48 Å². The summed E-state index contributed by atoms with van der Waals surface area (Å²) in [5.41, 5.74) is 0. The average molecular weight is 325 g/mol. The van der Waals surface area contributed by atoms with E-state index in [-0.39, 0.29) is 0 Å². The van der Waals surface area contributed by atoms with Gasteiger partial charge in [0.25, 0.3) is 0 Å². The second kappa shape index (κ2) is 16.6. The number of nitrogens with zero attached hydrogens (tertiary/aromatic N) is 1. The molecule has 0 N–H and O–H groups in total. The number of hydrogen-bond acceptors (Lipinski definition) is 0. The van der Waals surface area contributed by atoms with Crippen molar-refractivity contribution in [2.24, 2.45) is 0 Å². The van der Waals surface area contributed by atoms with Crippen LogP contribution >= 0.6 is 0 Å². The first-order chi connectivity index (χ1) is 11.1. The van der Waals surface area contributed by atoms with Crippen molar-refractivity contribution >= 4 is 0 Å². The third-order valence-corrected chi connectivity index (χ3v) is 5.08. The maximum atomic E-state index is 3.90. The predicted octanol–water partition coefficient (Wildman–Crippen LogP) is 7.47. The van der Waals surface area contributed by atoms with Crippen molar-refractivity contribution in [2.75, 3.05) is 20.6 Å². The molecule has 23 heavy (non-hydrogen) atoms. The van der Waals surface area contributed by atoms with Gasteiger partial charge in [-0.3, -0.25) is 0 Å². The summed E-state index contributed by atoms with van der Waals surface area (Å²) in [4.78, 5) is 0. The fourth-order valence-corrected chi connectivity index (χ4v) is 3.16. The van der Waals surface area contributed by atoms with Gasteiger partial charge in [-0.1, -0.05) is 96.8 Å². The van der Waals surface area contributed by atoms with Gasteiger partial charge in [-0.25, -0.2) is 0 Å². The Morgan fingerprint density at radius 2 is 0.870 bits per heavy atom. The molecule has 0 aliphatic heterocycles. The number of unbranched alkanes of at least 4 members (excludes halogenated alkanes) is 15. The summed E-state index contributed by atoms with van der Waals surface area (Å²) in [6.07, 6.45) is 25.1. The molecule has 0 aromatic heterocycles. The molecule has 0 atom stereocenters. The summed E-state index contributed by atoms with van der Waals surface area (Å²) in [5.74, 6) is 0. The summed E-state index contributed by atoms with van der Waals surface area (Å²) >= 11 is 0. The van der Waals surface area contributed by atoms with Gasteiger partial charge in [0.1, 0.15) is 0 Å². The molecule has 0 spiro atoms. The highest BCUT2D eigenvalue weighted by molar-refractivity contribution is 4.53. The third-order valence-electron chi connectivity index (χ3n) is 5.08. The Morgan fingerprint density at radius 1 is 0.565 bits per heavy atom. The minimum atomic E-state index is 0.957. The van der Waals surface area contributed by atoms with Crippen LogP contribution in [0.4, 0.5) is 0 Å². The number of rotatable bonds is 18. The molecule has 1 heteroatoms. The summed E-state index contributed by atoms with van der Waals surface area (Å²) in [7, 11) is 4.47. The lowest BCUT2D eigenvalue weighted by Gasteiger charge is -2.24. The molecule has 0 aromatic carbocycles. The molecule has 0 unspecified atom stereocenters. The molecule has 138 valence electrons. The topological polar surface area (TPSA) is 0 Å². The van der Waals surface area contributed by atoms with Crippen molar-refractivity contribution in [1.82, 2.24) is 0 Å². The van der Waals surface area contributed by atoms with Crippen LogP contribution in [0.2, 0.25) is 0 Å². The maximum Gasteiger partial charge on any atom is 0.0881 e. The van der Waals surface area contributed by atoms with Gasteiger partial charge in [0.2, 0.25) is 0 Å². The van der Waals surface area contributed by atoms with Crippen LogP contribution in [-0.2, 0) is 0 Å². The van der Waals surface area contributed by atoms with E-state index >= 15 is 0 Å². The van der Waals surface area contributed by atoms with Crippen molar-refractivity contribution in [1.29, 1.82) is 0 Å². The molecule has 0 aliphatic rings. The van der Waals surface area contributed by atoms with Gasteiger partial charge in [-0.15, -0.1) is 0 Å². The van der Waals surface area contributed by atoms with E-state index < -0.39 is 0 Å². The van der Waals surface area contributed by atoms with Crippen molar-refractivity contribution in [2.45, 2.75) is 110 Å². The molecule has 0 bridgehead atoms. The Bertz CT molecular complexity index is 244. The van der Waals surface area contributed by atoms with Gasteiger partial charge in [-0.05, 0) is 19.4 Å². The first-order valence-electron chi connectivity index (χ1n) is 10.6. The lowest BCUT2D eigenvalue weighted by molar-refractivity contribution is -0.838. The Balaban J connectivity index is 3.07. The highest BCUT2D eigenvalue weighted by Gasteiger charge is 2.08. The minimum Gasteiger partial charge on any atom is -0.303 e. The molecule has 0 saturated heterocycles. The quantitative estimate of drug-likeness (QED) is 0.181. The van der Waals surface area contributed by atoms with E-state index in [9.17, 15) is 0 Å². The smallest absolute Gasteiger partial charge is 0.0881 e. The first-order valence-corrected chi connectivity index (χ1v) is 10.6.